The van der Waals surface area contributed by atoms with E-state index in [1.165, 1.54) is 52.0 Å². The van der Waals surface area contributed by atoms with Crippen LogP contribution in [0.25, 0.3) is 0 Å². The highest BCUT2D eigenvalue weighted by Crippen LogP contribution is 2.16. The zero-order chi connectivity index (χ0) is 14.3. The molecule has 0 aromatic carbocycles. The van der Waals surface area contributed by atoms with Crippen LogP contribution in [0.15, 0.2) is 0 Å². The molecule has 0 saturated carbocycles. The van der Waals surface area contributed by atoms with Gasteiger partial charge in [-0.15, -0.1) is 0 Å². The van der Waals surface area contributed by atoms with Gasteiger partial charge in [-0.3, -0.25) is 4.90 Å². The fourth-order valence-electron chi connectivity index (χ4n) is 2.88. The van der Waals surface area contributed by atoms with Crippen molar-refractivity contribution in [1.29, 1.82) is 0 Å². The molecule has 1 heterocycles. The van der Waals surface area contributed by atoms with Crippen LogP contribution >= 0.6 is 0 Å². The maximum absolute atomic E-state index is 3.49. The Labute approximate surface area is 120 Å². The lowest BCUT2D eigenvalue weighted by atomic mass is 10.0. The molecule has 0 amide bonds. The van der Waals surface area contributed by atoms with E-state index in [1.54, 1.807) is 0 Å². The van der Waals surface area contributed by atoms with Gasteiger partial charge in [0.1, 0.15) is 0 Å². The molecule has 1 fully saturated rings. The van der Waals surface area contributed by atoms with E-state index < -0.39 is 0 Å². The highest BCUT2D eigenvalue weighted by Gasteiger charge is 2.25. The first-order valence-corrected chi connectivity index (χ1v) is 8.14. The minimum atomic E-state index is 0.341. The summed E-state index contributed by atoms with van der Waals surface area (Å²) in [7, 11) is 0. The van der Waals surface area contributed by atoms with E-state index in [1.807, 2.05) is 0 Å². The van der Waals surface area contributed by atoms with E-state index >= 15 is 0 Å². The molecule has 1 unspecified atom stereocenters. The van der Waals surface area contributed by atoms with Gasteiger partial charge in [0.05, 0.1) is 0 Å². The van der Waals surface area contributed by atoms with Gasteiger partial charge in [0.15, 0.2) is 0 Å². The first kappa shape index (κ1) is 16.9. The largest absolute Gasteiger partial charge is 0.315 e. The highest BCUT2D eigenvalue weighted by molar-refractivity contribution is 4.81. The van der Waals surface area contributed by atoms with Gasteiger partial charge in [0, 0.05) is 37.8 Å². The van der Waals surface area contributed by atoms with Crippen molar-refractivity contribution in [3.63, 3.8) is 0 Å². The molecule has 0 spiro atoms. The van der Waals surface area contributed by atoms with Crippen LogP contribution in [0.5, 0.6) is 0 Å². The third-order valence-corrected chi connectivity index (χ3v) is 4.24. The fraction of sp³-hybridized carbons (Fsp3) is 1.00. The number of rotatable bonds is 7. The summed E-state index contributed by atoms with van der Waals surface area (Å²) in [5, 5.41) is 3.49. The number of piperazine rings is 1. The Kier molecular flexibility index (Phi) is 7.33. The van der Waals surface area contributed by atoms with Crippen LogP contribution < -0.4 is 5.32 Å². The second kappa shape index (κ2) is 8.23. The van der Waals surface area contributed by atoms with Crippen molar-refractivity contribution >= 4 is 0 Å². The van der Waals surface area contributed by atoms with Gasteiger partial charge in [-0.2, -0.15) is 0 Å². The van der Waals surface area contributed by atoms with Crippen LogP contribution in [0.3, 0.4) is 0 Å². The number of unbranched alkanes of at least 4 members (excludes halogenated alkanes) is 1. The van der Waals surface area contributed by atoms with Gasteiger partial charge >= 0.3 is 0 Å². The quantitative estimate of drug-likeness (QED) is 0.717. The van der Waals surface area contributed by atoms with Crippen molar-refractivity contribution in [1.82, 2.24) is 15.1 Å². The summed E-state index contributed by atoms with van der Waals surface area (Å²) >= 11 is 0. The molecule has 0 aromatic heterocycles. The van der Waals surface area contributed by atoms with E-state index in [4.69, 9.17) is 0 Å². The monoisotopic (exact) mass is 269 g/mol. The van der Waals surface area contributed by atoms with Crippen molar-refractivity contribution in [3.05, 3.63) is 0 Å². The molecule has 1 aliphatic heterocycles. The molecule has 114 valence electrons. The molecule has 3 heteroatoms. The molecule has 1 rings (SSSR count). The van der Waals surface area contributed by atoms with Gasteiger partial charge in [0.2, 0.25) is 0 Å². The standard InChI is InChI=1S/C16H35N3/c1-6-17-15(2)9-7-8-10-18-11-13-19(14-12-18)16(3,4)5/h15,17H,6-14H2,1-5H3. The summed E-state index contributed by atoms with van der Waals surface area (Å²) in [6.07, 6.45) is 4.02. The Morgan fingerprint density at radius 1 is 1.05 bits per heavy atom. The normalized spacial score (nSPS) is 20.7. The third kappa shape index (κ3) is 6.73. The molecule has 0 radical (unpaired) electrons. The summed E-state index contributed by atoms with van der Waals surface area (Å²) in [5.41, 5.74) is 0.341. The smallest absolute Gasteiger partial charge is 0.0126 e. The third-order valence-electron chi connectivity index (χ3n) is 4.24. The molecule has 0 aliphatic carbocycles. The van der Waals surface area contributed by atoms with E-state index in [0.29, 0.717) is 11.6 Å². The Bertz CT molecular complexity index is 227. The van der Waals surface area contributed by atoms with Crippen LogP contribution in [0, 0.1) is 0 Å². The lowest BCUT2D eigenvalue weighted by molar-refractivity contribution is 0.0615. The SMILES string of the molecule is CCNC(C)CCCCN1CCN(C(C)(C)C)CC1. The van der Waals surface area contributed by atoms with Crippen LogP contribution in [0.4, 0.5) is 0 Å². The summed E-state index contributed by atoms with van der Waals surface area (Å²) in [5.74, 6) is 0. The summed E-state index contributed by atoms with van der Waals surface area (Å²) in [6, 6.07) is 0.683. The summed E-state index contributed by atoms with van der Waals surface area (Å²) in [6.45, 7) is 18.8. The van der Waals surface area contributed by atoms with Crippen molar-refractivity contribution in [2.24, 2.45) is 0 Å². The van der Waals surface area contributed by atoms with Crippen molar-refractivity contribution in [3.8, 4) is 0 Å². The second-order valence-electron chi connectivity index (χ2n) is 6.95. The zero-order valence-electron chi connectivity index (χ0n) is 13.8. The number of hydrogen-bond donors (Lipinski definition) is 1. The van der Waals surface area contributed by atoms with Crippen molar-refractivity contribution in [2.75, 3.05) is 39.3 Å². The summed E-state index contributed by atoms with van der Waals surface area (Å²) < 4.78 is 0. The fourth-order valence-corrected chi connectivity index (χ4v) is 2.88. The Hall–Kier alpha value is -0.120. The molecular weight excluding hydrogens is 234 g/mol. The van der Waals surface area contributed by atoms with Gasteiger partial charge in [-0.25, -0.2) is 0 Å². The molecular formula is C16H35N3. The lowest BCUT2D eigenvalue weighted by Crippen LogP contribution is -2.53. The minimum absolute atomic E-state index is 0.341. The number of nitrogens with one attached hydrogen (secondary N) is 1. The first-order chi connectivity index (χ1) is 8.93. The minimum Gasteiger partial charge on any atom is -0.315 e. The Morgan fingerprint density at radius 2 is 1.68 bits per heavy atom. The summed E-state index contributed by atoms with van der Waals surface area (Å²) in [4.78, 5) is 5.25. The molecule has 1 atom stereocenters. The molecule has 19 heavy (non-hydrogen) atoms. The van der Waals surface area contributed by atoms with Gasteiger partial charge in [-0.1, -0.05) is 13.3 Å². The number of nitrogens with zero attached hydrogens (tertiary/aromatic N) is 2. The highest BCUT2D eigenvalue weighted by atomic mass is 15.3. The van der Waals surface area contributed by atoms with Crippen LogP contribution in [-0.4, -0.2) is 60.6 Å². The maximum atomic E-state index is 3.49. The van der Waals surface area contributed by atoms with Gasteiger partial charge < -0.3 is 10.2 Å². The first-order valence-electron chi connectivity index (χ1n) is 8.14. The predicted octanol–water partition coefficient (Wildman–Crippen LogP) is 2.57. The zero-order valence-corrected chi connectivity index (χ0v) is 13.8. The number of hydrogen-bond acceptors (Lipinski definition) is 3. The van der Waals surface area contributed by atoms with E-state index in [9.17, 15) is 0 Å². The van der Waals surface area contributed by atoms with E-state index in [-0.39, 0.29) is 0 Å². The molecule has 1 N–H and O–H groups in total. The van der Waals surface area contributed by atoms with Crippen LogP contribution in [0.2, 0.25) is 0 Å². The van der Waals surface area contributed by atoms with Crippen LogP contribution in [0.1, 0.15) is 53.9 Å². The molecule has 0 bridgehead atoms. The van der Waals surface area contributed by atoms with Crippen molar-refractivity contribution < 1.29 is 0 Å². The average molecular weight is 269 g/mol. The topological polar surface area (TPSA) is 18.5 Å². The Morgan fingerprint density at radius 3 is 2.21 bits per heavy atom. The van der Waals surface area contributed by atoms with Crippen molar-refractivity contribution in [2.45, 2.75) is 65.5 Å². The average Bonchev–Trinajstić information content (AvgIpc) is 2.34. The molecule has 0 aromatic rings. The molecule has 3 nitrogen and oxygen atoms in total. The molecule has 1 saturated heterocycles. The van der Waals surface area contributed by atoms with E-state index in [2.05, 4.69) is 49.7 Å². The molecule has 1 aliphatic rings. The van der Waals surface area contributed by atoms with Gasteiger partial charge in [0.25, 0.3) is 0 Å². The Balaban J connectivity index is 2.07. The maximum Gasteiger partial charge on any atom is 0.0126 e. The predicted molar refractivity (Wildman–Crippen MR) is 84.8 cm³/mol. The second-order valence-corrected chi connectivity index (χ2v) is 6.95. The lowest BCUT2D eigenvalue weighted by Gasteiger charge is -2.42. The van der Waals surface area contributed by atoms with Gasteiger partial charge in [-0.05, 0) is 53.6 Å². The van der Waals surface area contributed by atoms with E-state index in [0.717, 1.165) is 6.54 Å². The van der Waals surface area contributed by atoms with Crippen LogP contribution in [-0.2, 0) is 0 Å².